The molecular weight excluding hydrogens is 472 g/mol. The zero-order valence-corrected chi connectivity index (χ0v) is 21.5. The number of phenolic OH excluding ortho intramolecular Hbond substituents is 1. The van der Waals surface area contributed by atoms with Gasteiger partial charge in [-0.25, -0.2) is 8.78 Å². The number of halogens is 2. The topological polar surface area (TPSA) is 41.9 Å². The maximum Gasteiger partial charge on any atom is 0.263 e. The molecule has 0 amide bonds. The molecule has 1 saturated heterocycles. The van der Waals surface area contributed by atoms with E-state index in [1.807, 2.05) is 37.3 Å². The maximum absolute atomic E-state index is 13.4. The summed E-state index contributed by atoms with van der Waals surface area (Å²) >= 11 is 0. The molecule has 3 aromatic carbocycles. The molecule has 5 rings (SSSR count). The van der Waals surface area contributed by atoms with E-state index in [-0.39, 0.29) is 11.3 Å². The second-order valence-electron chi connectivity index (χ2n) is 10.3. The van der Waals surface area contributed by atoms with Crippen molar-refractivity contribution in [2.24, 2.45) is 5.92 Å². The lowest BCUT2D eigenvalue weighted by atomic mass is 9.85. The van der Waals surface area contributed by atoms with E-state index in [1.165, 1.54) is 18.6 Å². The largest absolute Gasteiger partial charge is 0.508 e. The molecule has 6 heteroatoms. The predicted molar refractivity (Wildman–Crippen MR) is 142 cm³/mol. The molecule has 3 aromatic rings. The van der Waals surface area contributed by atoms with Crippen LogP contribution >= 0.6 is 0 Å². The molecule has 0 radical (unpaired) electrons. The molecule has 0 aromatic heterocycles. The molecule has 2 aliphatic heterocycles. The average molecular weight is 506 g/mol. The van der Waals surface area contributed by atoms with Crippen molar-refractivity contribution >= 4 is 11.1 Å². The number of benzene rings is 3. The van der Waals surface area contributed by atoms with Gasteiger partial charge in [0.1, 0.15) is 30.0 Å². The lowest BCUT2D eigenvalue weighted by Gasteiger charge is -2.31. The Kier molecular flexibility index (Phi) is 7.20. The third kappa shape index (κ3) is 5.35. The zero-order chi connectivity index (χ0) is 26.1. The van der Waals surface area contributed by atoms with Crippen LogP contribution in [-0.2, 0) is 0 Å². The smallest absolute Gasteiger partial charge is 0.263 e. The highest BCUT2D eigenvalue weighted by Gasteiger charge is 2.30. The summed E-state index contributed by atoms with van der Waals surface area (Å²) in [4.78, 5) is 2.47. The molecule has 2 aliphatic rings. The Hall–Kier alpha value is -3.38. The minimum absolute atomic E-state index is 0.0467. The van der Waals surface area contributed by atoms with Gasteiger partial charge in [0.15, 0.2) is 0 Å². The SMILES string of the molecule is CC1=C(c2cccc(O)c2)C(c2ccc(OC[C@H](C)N3CC[C@@H](C)C3)cc2)Oc2ccc(C(F)F)cc21. The first-order valence-electron chi connectivity index (χ1n) is 12.9. The van der Waals surface area contributed by atoms with Crippen molar-refractivity contribution in [3.05, 3.63) is 89.0 Å². The highest BCUT2D eigenvalue weighted by atomic mass is 19.3. The van der Waals surface area contributed by atoms with E-state index in [0.29, 0.717) is 24.0 Å². The molecule has 1 unspecified atom stereocenters. The van der Waals surface area contributed by atoms with Gasteiger partial charge in [0.25, 0.3) is 6.43 Å². The minimum atomic E-state index is -2.57. The quantitative estimate of drug-likeness (QED) is 0.361. The lowest BCUT2D eigenvalue weighted by Crippen LogP contribution is -2.35. The van der Waals surface area contributed by atoms with Gasteiger partial charge in [0, 0.05) is 29.3 Å². The number of nitrogens with zero attached hydrogens (tertiary/aromatic N) is 1. The van der Waals surface area contributed by atoms with Gasteiger partial charge < -0.3 is 14.6 Å². The first kappa shape index (κ1) is 25.3. The summed E-state index contributed by atoms with van der Waals surface area (Å²) in [5, 5.41) is 10.1. The Morgan fingerprint density at radius 2 is 1.86 bits per heavy atom. The Bertz CT molecular complexity index is 1290. The highest BCUT2D eigenvalue weighted by molar-refractivity contribution is 5.95. The van der Waals surface area contributed by atoms with Gasteiger partial charge in [-0.3, -0.25) is 4.90 Å². The Morgan fingerprint density at radius 3 is 2.54 bits per heavy atom. The maximum atomic E-state index is 13.4. The van der Waals surface area contributed by atoms with E-state index >= 15 is 0 Å². The Morgan fingerprint density at radius 1 is 1.08 bits per heavy atom. The van der Waals surface area contributed by atoms with Crippen molar-refractivity contribution in [1.29, 1.82) is 0 Å². The number of aromatic hydroxyl groups is 1. The van der Waals surface area contributed by atoms with Crippen LogP contribution in [0.1, 0.15) is 62.0 Å². The van der Waals surface area contributed by atoms with Gasteiger partial charge in [0.2, 0.25) is 0 Å². The summed E-state index contributed by atoms with van der Waals surface area (Å²) in [6.45, 7) is 9.27. The van der Waals surface area contributed by atoms with Crippen LogP contribution in [-0.4, -0.2) is 35.7 Å². The fourth-order valence-corrected chi connectivity index (χ4v) is 5.31. The van der Waals surface area contributed by atoms with E-state index in [4.69, 9.17) is 9.47 Å². The van der Waals surface area contributed by atoms with Crippen molar-refractivity contribution in [1.82, 2.24) is 4.90 Å². The van der Waals surface area contributed by atoms with E-state index < -0.39 is 12.5 Å². The third-order valence-electron chi connectivity index (χ3n) is 7.48. The van der Waals surface area contributed by atoms with Crippen molar-refractivity contribution in [2.75, 3.05) is 19.7 Å². The number of likely N-dealkylation sites (tertiary alicyclic amines) is 1. The average Bonchev–Trinajstić information content (AvgIpc) is 3.33. The van der Waals surface area contributed by atoms with E-state index in [9.17, 15) is 13.9 Å². The summed E-state index contributed by atoms with van der Waals surface area (Å²) in [7, 11) is 0. The van der Waals surface area contributed by atoms with Crippen LogP contribution in [0.15, 0.2) is 66.7 Å². The summed E-state index contributed by atoms with van der Waals surface area (Å²) in [5.41, 5.74) is 3.96. The molecule has 1 N–H and O–H groups in total. The number of hydrogen-bond donors (Lipinski definition) is 1. The second kappa shape index (κ2) is 10.5. The van der Waals surface area contributed by atoms with Crippen LogP contribution in [0.3, 0.4) is 0 Å². The molecule has 4 nitrogen and oxygen atoms in total. The van der Waals surface area contributed by atoms with Gasteiger partial charge >= 0.3 is 0 Å². The molecule has 194 valence electrons. The fourth-order valence-electron chi connectivity index (χ4n) is 5.31. The molecule has 37 heavy (non-hydrogen) atoms. The zero-order valence-electron chi connectivity index (χ0n) is 21.5. The number of alkyl halides is 2. The van der Waals surface area contributed by atoms with Crippen LogP contribution < -0.4 is 9.47 Å². The molecular formula is C31H33F2NO3. The van der Waals surface area contributed by atoms with E-state index in [0.717, 1.165) is 47.0 Å². The highest BCUT2D eigenvalue weighted by Crippen LogP contribution is 2.47. The van der Waals surface area contributed by atoms with Crippen LogP contribution in [0.2, 0.25) is 0 Å². The van der Waals surface area contributed by atoms with Crippen LogP contribution in [0, 0.1) is 5.92 Å². The summed E-state index contributed by atoms with van der Waals surface area (Å²) in [6, 6.07) is 19.7. The molecule has 0 aliphatic carbocycles. The summed E-state index contributed by atoms with van der Waals surface area (Å²) < 4.78 is 39.4. The number of ether oxygens (including phenoxy) is 2. The van der Waals surface area contributed by atoms with Gasteiger partial charge in [-0.2, -0.15) is 0 Å². The van der Waals surface area contributed by atoms with E-state index in [1.54, 1.807) is 24.3 Å². The van der Waals surface area contributed by atoms with Gasteiger partial charge in [-0.05, 0) is 91.9 Å². The van der Waals surface area contributed by atoms with Crippen molar-refractivity contribution in [3.8, 4) is 17.2 Å². The van der Waals surface area contributed by atoms with Crippen LogP contribution in [0.25, 0.3) is 11.1 Å². The number of fused-ring (bicyclic) bond motifs is 1. The lowest BCUT2D eigenvalue weighted by molar-refractivity contribution is 0.151. The predicted octanol–water partition coefficient (Wildman–Crippen LogP) is 7.50. The van der Waals surface area contributed by atoms with E-state index in [2.05, 4.69) is 18.7 Å². The van der Waals surface area contributed by atoms with Crippen molar-refractivity contribution in [3.63, 3.8) is 0 Å². The summed E-state index contributed by atoms with van der Waals surface area (Å²) in [6.07, 6.45) is -1.79. The molecule has 3 atom stereocenters. The van der Waals surface area contributed by atoms with Gasteiger partial charge in [-0.1, -0.05) is 31.2 Å². The van der Waals surface area contributed by atoms with Crippen LogP contribution in [0.5, 0.6) is 17.2 Å². The van der Waals surface area contributed by atoms with Crippen LogP contribution in [0.4, 0.5) is 8.78 Å². The second-order valence-corrected chi connectivity index (χ2v) is 10.3. The molecule has 0 spiro atoms. The van der Waals surface area contributed by atoms with Gasteiger partial charge in [-0.15, -0.1) is 0 Å². The number of rotatable bonds is 7. The molecule has 2 heterocycles. The molecule has 0 bridgehead atoms. The Balaban J connectivity index is 1.42. The van der Waals surface area contributed by atoms with Crippen molar-refractivity contribution < 1.29 is 23.4 Å². The Labute approximate surface area is 217 Å². The fraction of sp³-hybridized carbons (Fsp3) is 0.355. The standard InChI is InChI=1S/C31H33F2NO3/c1-19-13-14-34(17-19)20(2)18-36-26-10-7-22(8-11-26)30-29(23-5-4-6-25(35)15-23)21(3)27-16-24(31(32)33)9-12-28(27)37-30/h4-12,15-16,19-20,30-31,35H,13-14,17-18H2,1-3H3/t19-,20+,30?/m1/s1. The first-order valence-corrected chi connectivity index (χ1v) is 12.9. The third-order valence-corrected chi connectivity index (χ3v) is 7.48. The molecule has 1 fully saturated rings. The number of phenols is 1. The molecule has 0 saturated carbocycles. The normalized spacial score (nSPS) is 20.6. The van der Waals surface area contributed by atoms with Gasteiger partial charge in [0.05, 0.1) is 0 Å². The summed E-state index contributed by atoms with van der Waals surface area (Å²) in [5.74, 6) is 2.22. The number of hydrogen-bond acceptors (Lipinski definition) is 4. The first-order chi connectivity index (χ1) is 17.8. The monoisotopic (exact) mass is 505 g/mol. The minimum Gasteiger partial charge on any atom is -0.508 e. The van der Waals surface area contributed by atoms with Crippen molar-refractivity contribution in [2.45, 2.75) is 45.8 Å². The number of allylic oxidation sites excluding steroid dienone is 1.